The van der Waals surface area contributed by atoms with E-state index >= 15 is 0 Å². The first-order valence-corrected chi connectivity index (χ1v) is 6.88. The SMILES string of the molecule is Cc1cnc(CNC(=O)CCc2ccccc2F)s1. The molecule has 1 aromatic heterocycles. The van der Waals surface area contributed by atoms with Crippen LogP contribution in [0, 0.1) is 12.7 Å². The Kier molecular flexibility index (Phi) is 4.63. The average Bonchev–Trinajstić information content (AvgIpc) is 2.81. The fraction of sp³-hybridized carbons (Fsp3) is 0.286. The number of carbonyl (C=O) groups excluding carboxylic acids is 1. The van der Waals surface area contributed by atoms with Gasteiger partial charge in [-0.15, -0.1) is 11.3 Å². The van der Waals surface area contributed by atoms with Crippen LogP contribution in [0.25, 0.3) is 0 Å². The molecule has 19 heavy (non-hydrogen) atoms. The monoisotopic (exact) mass is 278 g/mol. The number of thiazole rings is 1. The first-order chi connectivity index (χ1) is 9.15. The summed E-state index contributed by atoms with van der Waals surface area (Å²) in [6, 6.07) is 6.52. The standard InChI is InChI=1S/C14H15FN2OS/c1-10-8-17-14(19-10)9-16-13(18)7-6-11-4-2-3-5-12(11)15/h2-5,8H,6-7,9H2,1H3,(H,16,18). The highest BCUT2D eigenvalue weighted by Gasteiger charge is 2.06. The minimum absolute atomic E-state index is 0.0869. The van der Waals surface area contributed by atoms with Gasteiger partial charge in [0.1, 0.15) is 10.8 Å². The van der Waals surface area contributed by atoms with Gasteiger partial charge in [-0.3, -0.25) is 4.79 Å². The molecular weight excluding hydrogens is 263 g/mol. The van der Waals surface area contributed by atoms with Crippen molar-refractivity contribution in [3.8, 4) is 0 Å². The van der Waals surface area contributed by atoms with Crippen LogP contribution in [-0.2, 0) is 17.8 Å². The van der Waals surface area contributed by atoms with Crippen molar-refractivity contribution in [1.29, 1.82) is 0 Å². The number of aromatic nitrogens is 1. The lowest BCUT2D eigenvalue weighted by molar-refractivity contribution is -0.121. The number of aryl methyl sites for hydroxylation is 2. The second-order valence-corrected chi connectivity index (χ2v) is 5.55. The van der Waals surface area contributed by atoms with E-state index in [0.29, 0.717) is 18.5 Å². The van der Waals surface area contributed by atoms with Crippen molar-refractivity contribution in [2.24, 2.45) is 0 Å². The smallest absolute Gasteiger partial charge is 0.220 e. The molecule has 0 aliphatic rings. The maximum absolute atomic E-state index is 13.4. The van der Waals surface area contributed by atoms with E-state index in [1.807, 2.05) is 6.92 Å². The first kappa shape index (κ1) is 13.7. The molecule has 1 heterocycles. The Bertz CT molecular complexity index is 568. The van der Waals surface area contributed by atoms with Crippen LogP contribution in [0.3, 0.4) is 0 Å². The van der Waals surface area contributed by atoms with Crippen LogP contribution < -0.4 is 5.32 Å². The zero-order chi connectivity index (χ0) is 13.7. The van der Waals surface area contributed by atoms with Crippen molar-refractivity contribution in [2.75, 3.05) is 0 Å². The molecule has 2 aromatic rings. The van der Waals surface area contributed by atoms with Crippen molar-refractivity contribution >= 4 is 17.2 Å². The molecule has 0 saturated carbocycles. The molecule has 1 N–H and O–H groups in total. The van der Waals surface area contributed by atoms with Gasteiger partial charge in [0.2, 0.25) is 5.91 Å². The van der Waals surface area contributed by atoms with Gasteiger partial charge in [0, 0.05) is 17.5 Å². The summed E-state index contributed by atoms with van der Waals surface area (Å²) < 4.78 is 13.4. The maximum Gasteiger partial charge on any atom is 0.220 e. The van der Waals surface area contributed by atoms with E-state index in [-0.39, 0.29) is 18.1 Å². The summed E-state index contributed by atoms with van der Waals surface area (Å²) >= 11 is 1.56. The highest BCUT2D eigenvalue weighted by atomic mass is 32.1. The normalized spacial score (nSPS) is 10.4. The third kappa shape index (κ3) is 4.13. The van der Waals surface area contributed by atoms with Crippen molar-refractivity contribution in [3.05, 3.63) is 51.7 Å². The van der Waals surface area contributed by atoms with E-state index in [1.165, 1.54) is 6.07 Å². The fourth-order valence-corrected chi connectivity index (χ4v) is 2.42. The molecule has 1 amide bonds. The van der Waals surface area contributed by atoms with Crippen LogP contribution in [-0.4, -0.2) is 10.9 Å². The molecular formula is C14H15FN2OS. The Balaban J connectivity index is 1.77. The number of rotatable bonds is 5. The molecule has 0 aliphatic heterocycles. The maximum atomic E-state index is 13.4. The molecule has 3 nitrogen and oxygen atoms in total. The molecule has 2 rings (SSSR count). The van der Waals surface area contributed by atoms with E-state index in [0.717, 1.165) is 9.88 Å². The zero-order valence-corrected chi connectivity index (χ0v) is 11.5. The van der Waals surface area contributed by atoms with E-state index in [9.17, 15) is 9.18 Å². The average molecular weight is 278 g/mol. The molecule has 5 heteroatoms. The first-order valence-electron chi connectivity index (χ1n) is 6.06. The number of amides is 1. The van der Waals surface area contributed by atoms with Gasteiger partial charge in [-0.1, -0.05) is 18.2 Å². The number of halogens is 1. The number of nitrogens with one attached hydrogen (secondary N) is 1. The number of hydrogen-bond acceptors (Lipinski definition) is 3. The molecule has 0 fully saturated rings. The van der Waals surface area contributed by atoms with E-state index < -0.39 is 0 Å². The summed E-state index contributed by atoms with van der Waals surface area (Å²) in [6.07, 6.45) is 2.48. The molecule has 0 aliphatic carbocycles. The molecule has 0 atom stereocenters. The largest absolute Gasteiger partial charge is 0.350 e. The second-order valence-electron chi connectivity index (χ2n) is 4.23. The van der Waals surface area contributed by atoms with Crippen LogP contribution >= 0.6 is 11.3 Å². The number of benzene rings is 1. The van der Waals surface area contributed by atoms with Gasteiger partial charge < -0.3 is 5.32 Å². The fourth-order valence-electron chi connectivity index (χ4n) is 1.70. The molecule has 0 bridgehead atoms. The topological polar surface area (TPSA) is 42.0 Å². The van der Waals surface area contributed by atoms with Crippen molar-refractivity contribution in [3.63, 3.8) is 0 Å². The van der Waals surface area contributed by atoms with E-state index in [1.54, 1.807) is 35.7 Å². The van der Waals surface area contributed by atoms with Crippen LogP contribution in [0.15, 0.2) is 30.5 Å². The number of carbonyl (C=O) groups is 1. The lowest BCUT2D eigenvalue weighted by atomic mass is 10.1. The number of nitrogens with zero attached hydrogens (tertiary/aromatic N) is 1. The van der Waals surface area contributed by atoms with Gasteiger partial charge in [-0.05, 0) is 25.0 Å². The lowest BCUT2D eigenvalue weighted by Crippen LogP contribution is -2.23. The van der Waals surface area contributed by atoms with Crippen LogP contribution in [0.1, 0.15) is 21.9 Å². The van der Waals surface area contributed by atoms with Crippen LogP contribution in [0.5, 0.6) is 0 Å². The zero-order valence-electron chi connectivity index (χ0n) is 10.6. The van der Waals surface area contributed by atoms with Crippen LogP contribution in [0.4, 0.5) is 4.39 Å². The van der Waals surface area contributed by atoms with Gasteiger partial charge >= 0.3 is 0 Å². The predicted octanol–water partition coefficient (Wildman–Crippen LogP) is 2.84. The molecule has 0 unspecified atom stereocenters. The molecule has 0 saturated heterocycles. The lowest BCUT2D eigenvalue weighted by Gasteiger charge is -2.04. The Morgan fingerprint density at radius 2 is 2.21 bits per heavy atom. The Morgan fingerprint density at radius 3 is 2.89 bits per heavy atom. The van der Waals surface area contributed by atoms with E-state index in [2.05, 4.69) is 10.3 Å². The van der Waals surface area contributed by atoms with Crippen molar-refractivity contribution in [1.82, 2.24) is 10.3 Å². The summed E-state index contributed by atoms with van der Waals surface area (Å²) in [5.41, 5.74) is 0.572. The summed E-state index contributed by atoms with van der Waals surface area (Å²) in [5.74, 6) is -0.345. The number of hydrogen-bond donors (Lipinski definition) is 1. The minimum Gasteiger partial charge on any atom is -0.350 e. The highest BCUT2D eigenvalue weighted by molar-refractivity contribution is 7.11. The molecule has 0 radical (unpaired) electrons. The van der Waals surface area contributed by atoms with Gasteiger partial charge in [0.15, 0.2) is 0 Å². The molecule has 1 aromatic carbocycles. The quantitative estimate of drug-likeness (QED) is 0.913. The summed E-state index contributed by atoms with van der Waals surface area (Å²) in [7, 11) is 0. The summed E-state index contributed by atoms with van der Waals surface area (Å²) in [4.78, 5) is 16.9. The van der Waals surface area contributed by atoms with Crippen LogP contribution in [0.2, 0.25) is 0 Å². The third-order valence-corrected chi connectivity index (χ3v) is 3.60. The van der Waals surface area contributed by atoms with Crippen molar-refractivity contribution < 1.29 is 9.18 Å². The Labute approximate surface area is 115 Å². The van der Waals surface area contributed by atoms with Crippen molar-refractivity contribution in [2.45, 2.75) is 26.3 Å². The third-order valence-electron chi connectivity index (χ3n) is 2.69. The molecule has 0 spiro atoms. The Morgan fingerprint density at radius 1 is 1.42 bits per heavy atom. The van der Waals surface area contributed by atoms with Gasteiger partial charge in [-0.25, -0.2) is 9.37 Å². The minimum atomic E-state index is -0.258. The van der Waals surface area contributed by atoms with Gasteiger partial charge in [-0.2, -0.15) is 0 Å². The predicted molar refractivity (Wildman–Crippen MR) is 73.4 cm³/mol. The molecule has 100 valence electrons. The van der Waals surface area contributed by atoms with Gasteiger partial charge in [0.25, 0.3) is 0 Å². The van der Waals surface area contributed by atoms with E-state index in [4.69, 9.17) is 0 Å². The summed E-state index contributed by atoms with van der Waals surface area (Å²) in [6.45, 7) is 2.41. The second kappa shape index (κ2) is 6.43. The summed E-state index contributed by atoms with van der Waals surface area (Å²) in [5, 5.41) is 3.67. The highest BCUT2D eigenvalue weighted by Crippen LogP contribution is 2.11. The van der Waals surface area contributed by atoms with Gasteiger partial charge in [0.05, 0.1) is 6.54 Å². The Hall–Kier alpha value is -1.75.